The monoisotopic (exact) mass is 447 g/mol. The minimum atomic E-state index is -3.02. The first-order valence-corrected chi connectivity index (χ1v) is 13.6. The highest BCUT2D eigenvalue weighted by molar-refractivity contribution is 7.91. The number of benzene rings is 1. The third-order valence-corrected chi connectivity index (χ3v) is 9.40. The Morgan fingerprint density at radius 1 is 0.935 bits per heavy atom. The molecule has 0 spiro atoms. The summed E-state index contributed by atoms with van der Waals surface area (Å²) in [6, 6.07) is 7.68. The maximum absolute atomic E-state index is 12.8. The molecule has 1 amide bonds. The van der Waals surface area contributed by atoms with Crippen molar-refractivity contribution in [3.05, 3.63) is 35.4 Å². The van der Waals surface area contributed by atoms with Crippen LogP contribution in [0.25, 0.3) is 0 Å². The summed E-state index contributed by atoms with van der Waals surface area (Å²) < 4.78 is 24.3. The highest BCUT2D eigenvalue weighted by Gasteiger charge is 2.30. The van der Waals surface area contributed by atoms with Gasteiger partial charge < -0.3 is 5.32 Å². The van der Waals surface area contributed by atoms with Crippen LogP contribution >= 0.6 is 0 Å². The van der Waals surface area contributed by atoms with Gasteiger partial charge in [-0.05, 0) is 76.0 Å². The second-order valence-electron chi connectivity index (χ2n) is 9.74. The van der Waals surface area contributed by atoms with E-state index < -0.39 is 9.84 Å². The first-order chi connectivity index (χ1) is 14.7. The Morgan fingerprint density at radius 3 is 2.13 bits per heavy atom. The van der Waals surface area contributed by atoms with Crippen LogP contribution in [0.3, 0.4) is 0 Å². The van der Waals surface area contributed by atoms with Crippen molar-refractivity contribution in [3.63, 3.8) is 0 Å². The molecular weight excluding hydrogens is 410 g/mol. The van der Waals surface area contributed by atoms with Crippen molar-refractivity contribution in [1.82, 2.24) is 5.32 Å². The molecule has 2 aliphatic rings. The summed E-state index contributed by atoms with van der Waals surface area (Å²) in [6.45, 7) is 3.46. The quantitative estimate of drug-likeness (QED) is 0.637. The fourth-order valence-electron chi connectivity index (χ4n) is 4.81. The van der Waals surface area contributed by atoms with Crippen LogP contribution in [-0.2, 0) is 21.1 Å². The van der Waals surface area contributed by atoms with Crippen LogP contribution in [0.4, 0.5) is 0 Å². The summed E-state index contributed by atoms with van der Waals surface area (Å²) in [7, 11) is -3.02. The minimum absolute atomic E-state index is 0.0206. The maximum Gasteiger partial charge on any atom is 0.251 e. The SMILES string of the molecule is CC(C)S(=O)(=O)CC1CCC(C(=O)Cc2ccc(C(=O)NC3CCCCC3)cc2)CC1. The Bertz CT molecular complexity index is 846. The zero-order chi connectivity index (χ0) is 22.4. The van der Waals surface area contributed by atoms with Crippen molar-refractivity contribution in [2.24, 2.45) is 11.8 Å². The van der Waals surface area contributed by atoms with Gasteiger partial charge in [0.1, 0.15) is 5.78 Å². The minimum Gasteiger partial charge on any atom is -0.349 e. The molecule has 6 heteroatoms. The summed E-state index contributed by atoms with van der Waals surface area (Å²) in [5, 5.41) is 2.79. The van der Waals surface area contributed by atoms with E-state index in [0.29, 0.717) is 12.0 Å². The van der Waals surface area contributed by atoms with E-state index in [-0.39, 0.29) is 40.6 Å². The van der Waals surface area contributed by atoms with Crippen LogP contribution in [-0.4, -0.2) is 37.2 Å². The van der Waals surface area contributed by atoms with E-state index in [2.05, 4.69) is 5.32 Å². The first kappa shape index (κ1) is 24.0. The Hall–Kier alpha value is -1.69. The van der Waals surface area contributed by atoms with Crippen LogP contribution in [0.2, 0.25) is 0 Å². The molecule has 1 N–H and O–H groups in total. The summed E-state index contributed by atoms with van der Waals surface area (Å²) >= 11 is 0. The van der Waals surface area contributed by atoms with Crippen molar-refractivity contribution in [1.29, 1.82) is 0 Å². The second kappa shape index (κ2) is 10.8. The van der Waals surface area contributed by atoms with Crippen molar-refractivity contribution in [2.75, 3.05) is 5.75 Å². The number of hydrogen-bond acceptors (Lipinski definition) is 4. The number of ketones is 1. The van der Waals surface area contributed by atoms with Gasteiger partial charge in [0.05, 0.1) is 11.0 Å². The highest BCUT2D eigenvalue weighted by Crippen LogP contribution is 2.31. The lowest BCUT2D eigenvalue weighted by molar-refractivity contribution is -0.123. The molecule has 0 saturated heterocycles. The van der Waals surface area contributed by atoms with Gasteiger partial charge in [-0.25, -0.2) is 8.42 Å². The molecule has 3 rings (SSSR count). The van der Waals surface area contributed by atoms with Gasteiger partial charge in [-0.3, -0.25) is 9.59 Å². The standard InChI is InChI=1S/C25H37NO4S/c1-18(2)31(29,30)17-20-10-12-21(13-11-20)24(27)16-19-8-14-22(15-9-19)25(28)26-23-6-4-3-5-7-23/h8-9,14-15,18,20-21,23H,3-7,10-13,16-17H2,1-2H3,(H,26,28). The van der Waals surface area contributed by atoms with E-state index in [4.69, 9.17) is 0 Å². The number of amides is 1. The molecule has 0 unspecified atom stereocenters. The number of hydrogen-bond donors (Lipinski definition) is 1. The van der Waals surface area contributed by atoms with Crippen molar-refractivity contribution in [3.8, 4) is 0 Å². The van der Waals surface area contributed by atoms with Gasteiger partial charge in [-0.2, -0.15) is 0 Å². The molecule has 172 valence electrons. The largest absolute Gasteiger partial charge is 0.349 e. The zero-order valence-corrected chi connectivity index (χ0v) is 19.8. The zero-order valence-electron chi connectivity index (χ0n) is 18.9. The fraction of sp³-hybridized carbons (Fsp3) is 0.680. The number of Topliss-reactive ketones (excluding diaryl/α,β-unsaturated/α-hetero) is 1. The molecule has 0 heterocycles. The molecule has 31 heavy (non-hydrogen) atoms. The van der Waals surface area contributed by atoms with Crippen molar-refractivity contribution < 1.29 is 18.0 Å². The van der Waals surface area contributed by atoms with Gasteiger partial charge in [-0.1, -0.05) is 31.4 Å². The van der Waals surface area contributed by atoms with E-state index >= 15 is 0 Å². The van der Waals surface area contributed by atoms with E-state index in [1.54, 1.807) is 13.8 Å². The Kier molecular flexibility index (Phi) is 8.31. The van der Waals surface area contributed by atoms with Gasteiger partial charge in [0, 0.05) is 23.9 Å². The lowest BCUT2D eigenvalue weighted by Crippen LogP contribution is -2.36. The van der Waals surface area contributed by atoms with Gasteiger partial charge in [-0.15, -0.1) is 0 Å². The number of carbonyl (C=O) groups excluding carboxylic acids is 2. The average molecular weight is 448 g/mol. The number of rotatable bonds is 8. The molecule has 1 aromatic carbocycles. The molecule has 0 aromatic heterocycles. The third kappa shape index (κ3) is 6.90. The van der Waals surface area contributed by atoms with Crippen LogP contribution in [0, 0.1) is 11.8 Å². The molecule has 2 aliphatic carbocycles. The molecule has 0 radical (unpaired) electrons. The second-order valence-corrected chi connectivity index (χ2v) is 12.3. The lowest BCUT2D eigenvalue weighted by Gasteiger charge is -2.28. The smallest absolute Gasteiger partial charge is 0.251 e. The predicted molar refractivity (Wildman–Crippen MR) is 124 cm³/mol. The van der Waals surface area contributed by atoms with Crippen molar-refractivity contribution >= 4 is 21.5 Å². The average Bonchev–Trinajstić information content (AvgIpc) is 2.75. The Morgan fingerprint density at radius 2 is 1.55 bits per heavy atom. The highest BCUT2D eigenvalue weighted by atomic mass is 32.2. The number of carbonyl (C=O) groups is 2. The molecule has 5 nitrogen and oxygen atoms in total. The van der Waals surface area contributed by atoms with Crippen molar-refractivity contribution in [2.45, 2.75) is 89.3 Å². The molecular formula is C25H37NO4S. The van der Waals surface area contributed by atoms with Crippen LogP contribution < -0.4 is 5.32 Å². The number of sulfone groups is 1. The maximum atomic E-state index is 12.8. The molecule has 2 saturated carbocycles. The normalized spacial score (nSPS) is 22.9. The molecule has 0 atom stereocenters. The summed E-state index contributed by atoms with van der Waals surface area (Å²) in [6.07, 6.45) is 9.29. The molecule has 1 aromatic rings. The van der Waals surface area contributed by atoms with Gasteiger partial charge in [0.15, 0.2) is 9.84 Å². The number of nitrogens with one attached hydrogen (secondary N) is 1. The van der Waals surface area contributed by atoms with Gasteiger partial charge in [0.25, 0.3) is 5.91 Å². The molecule has 2 fully saturated rings. The van der Waals surface area contributed by atoms with Gasteiger partial charge in [0.2, 0.25) is 0 Å². The molecule has 0 aliphatic heterocycles. The van der Waals surface area contributed by atoms with E-state index in [0.717, 1.165) is 44.1 Å². The summed E-state index contributed by atoms with van der Waals surface area (Å²) in [5.41, 5.74) is 1.58. The predicted octanol–water partition coefficient (Wildman–Crippen LogP) is 4.49. The third-order valence-electron chi connectivity index (χ3n) is 7.02. The summed E-state index contributed by atoms with van der Waals surface area (Å²) in [5.74, 6) is 0.644. The fourth-order valence-corrected chi connectivity index (χ4v) is 6.18. The van der Waals surface area contributed by atoms with Gasteiger partial charge >= 0.3 is 0 Å². The molecule has 0 bridgehead atoms. The lowest BCUT2D eigenvalue weighted by atomic mass is 9.79. The summed E-state index contributed by atoms with van der Waals surface area (Å²) in [4.78, 5) is 25.2. The van der Waals surface area contributed by atoms with Crippen LogP contribution in [0.5, 0.6) is 0 Å². The van der Waals surface area contributed by atoms with Crippen LogP contribution in [0.1, 0.15) is 87.6 Å². The topological polar surface area (TPSA) is 80.3 Å². The van der Waals surface area contributed by atoms with E-state index in [1.807, 2.05) is 24.3 Å². The van der Waals surface area contributed by atoms with E-state index in [9.17, 15) is 18.0 Å². The van der Waals surface area contributed by atoms with E-state index in [1.165, 1.54) is 19.3 Å². The Balaban J connectivity index is 1.46. The Labute approximate surface area is 187 Å². The van der Waals surface area contributed by atoms with Crippen LogP contribution in [0.15, 0.2) is 24.3 Å². The first-order valence-electron chi connectivity index (χ1n) is 11.9.